The van der Waals surface area contributed by atoms with Crippen LogP contribution >= 0.6 is 0 Å². The van der Waals surface area contributed by atoms with Gasteiger partial charge < -0.3 is 5.32 Å². The molecule has 2 rings (SSSR count). The number of allylic oxidation sites excluding steroid dienone is 4. The number of hydrogen-bond acceptors (Lipinski definition) is 1. The molecular weight excluding hydrogens is 234 g/mol. The molecule has 1 aromatic carbocycles. The molecule has 0 aliphatic heterocycles. The van der Waals surface area contributed by atoms with Crippen LogP contribution < -0.4 is 5.32 Å². The summed E-state index contributed by atoms with van der Waals surface area (Å²) in [6.07, 6.45) is 9.29. The van der Waals surface area contributed by atoms with Crippen molar-refractivity contribution in [1.82, 2.24) is 5.32 Å². The van der Waals surface area contributed by atoms with E-state index < -0.39 is 0 Å². The van der Waals surface area contributed by atoms with Crippen molar-refractivity contribution in [2.75, 3.05) is 6.54 Å². The van der Waals surface area contributed by atoms with Crippen LogP contribution in [0.4, 0.5) is 0 Å². The van der Waals surface area contributed by atoms with Crippen LogP contribution in [0.2, 0.25) is 0 Å². The summed E-state index contributed by atoms with van der Waals surface area (Å²) in [4.78, 5) is 12.0. The Labute approximate surface area is 114 Å². The molecule has 0 saturated heterocycles. The van der Waals surface area contributed by atoms with E-state index in [2.05, 4.69) is 24.4 Å². The molecule has 98 valence electrons. The van der Waals surface area contributed by atoms with Gasteiger partial charge in [0.15, 0.2) is 0 Å². The number of benzene rings is 1. The van der Waals surface area contributed by atoms with Crippen LogP contribution in [0, 0.1) is 6.92 Å². The van der Waals surface area contributed by atoms with Crippen LogP contribution in [0.3, 0.4) is 0 Å². The summed E-state index contributed by atoms with van der Waals surface area (Å²) < 4.78 is 0. The van der Waals surface area contributed by atoms with Crippen LogP contribution in [0.25, 0.3) is 0 Å². The van der Waals surface area contributed by atoms with Crippen molar-refractivity contribution in [2.24, 2.45) is 0 Å². The van der Waals surface area contributed by atoms with Gasteiger partial charge in [0, 0.05) is 12.1 Å². The van der Waals surface area contributed by atoms with Crippen molar-refractivity contribution in [3.05, 3.63) is 70.8 Å². The maximum atomic E-state index is 12.0. The highest BCUT2D eigenvalue weighted by molar-refractivity contribution is 5.94. The summed E-state index contributed by atoms with van der Waals surface area (Å²) in [5.74, 6) is -0.0248. The van der Waals surface area contributed by atoms with E-state index in [1.54, 1.807) is 0 Å². The van der Waals surface area contributed by atoms with Gasteiger partial charge in [-0.15, -0.1) is 0 Å². The smallest absolute Gasteiger partial charge is 0.251 e. The number of nitrogens with one attached hydrogen (secondary N) is 1. The molecule has 1 aromatic rings. The van der Waals surface area contributed by atoms with Crippen molar-refractivity contribution in [1.29, 1.82) is 0 Å². The lowest BCUT2D eigenvalue weighted by Gasteiger charge is -2.06. The van der Waals surface area contributed by atoms with E-state index in [1.807, 2.05) is 43.3 Å². The van der Waals surface area contributed by atoms with Gasteiger partial charge in [0.2, 0.25) is 0 Å². The van der Waals surface area contributed by atoms with Gasteiger partial charge in [0.1, 0.15) is 0 Å². The van der Waals surface area contributed by atoms with E-state index >= 15 is 0 Å². The summed E-state index contributed by atoms with van der Waals surface area (Å²) in [7, 11) is 0. The summed E-state index contributed by atoms with van der Waals surface area (Å²) in [5, 5.41) is 2.95. The fourth-order valence-electron chi connectivity index (χ4n) is 1.88. The first kappa shape index (κ1) is 13.3. The molecule has 0 fully saturated rings. The molecule has 0 atom stereocenters. The van der Waals surface area contributed by atoms with Crippen LogP contribution in [-0.4, -0.2) is 12.5 Å². The summed E-state index contributed by atoms with van der Waals surface area (Å²) in [6, 6.07) is 7.61. The molecule has 0 bridgehead atoms. The fourth-order valence-corrected chi connectivity index (χ4v) is 1.88. The molecule has 0 spiro atoms. The molecular formula is C17H19NO. The highest BCUT2D eigenvalue weighted by atomic mass is 16.1. The Bertz CT molecular complexity index is 547. The standard InChI is InChI=1S/C17H19NO/c1-13-4-3-5-15(9-6-13)12-18-17(19)16-10-7-14(2)8-11-16/h3-5,7-11H,6,12H2,1-2H3,(H,18,19). The number of amides is 1. The Balaban J connectivity index is 1.92. The minimum Gasteiger partial charge on any atom is -0.348 e. The first-order valence-corrected chi connectivity index (χ1v) is 6.53. The topological polar surface area (TPSA) is 29.1 Å². The summed E-state index contributed by atoms with van der Waals surface area (Å²) in [5.41, 5.74) is 4.34. The van der Waals surface area contributed by atoms with Crippen molar-refractivity contribution in [2.45, 2.75) is 20.3 Å². The first-order valence-electron chi connectivity index (χ1n) is 6.53. The number of carbonyl (C=O) groups excluding carboxylic acids is 1. The number of hydrogen-bond donors (Lipinski definition) is 1. The molecule has 0 aromatic heterocycles. The molecule has 1 N–H and O–H groups in total. The minimum absolute atomic E-state index is 0.0248. The maximum Gasteiger partial charge on any atom is 0.251 e. The lowest BCUT2D eigenvalue weighted by Crippen LogP contribution is -2.25. The Hall–Kier alpha value is -2.09. The normalized spacial score (nSPS) is 14.4. The van der Waals surface area contributed by atoms with Crippen molar-refractivity contribution >= 4 is 5.91 Å². The Morgan fingerprint density at radius 2 is 1.95 bits per heavy atom. The highest BCUT2D eigenvalue weighted by Crippen LogP contribution is 2.10. The Kier molecular flexibility index (Phi) is 4.35. The van der Waals surface area contributed by atoms with Crippen molar-refractivity contribution < 1.29 is 4.79 Å². The predicted octanol–water partition coefficient (Wildman–Crippen LogP) is 3.56. The van der Waals surface area contributed by atoms with E-state index in [-0.39, 0.29) is 5.91 Å². The van der Waals surface area contributed by atoms with Crippen LogP contribution in [0.5, 0.6) is 0 Å². The van der Waals surface area contributed by atoms with Gasteiger partial charge in [-0.05, 0) is 38.0 Å². The number of aryl methyl sites for hydroxylation is 1. The lowest BCUT2D eigenvalue weighted by atomic mass is 10.1. The zero-order valence-electron chi connectivity index (χ0n) is 11.4. The first-order chi connectivity index (χ1) is 9.15. The van der Waals surface area contributed by atoms with E-state index in [4.69, 9.17) is 0 Å². The fraction of sp³-hybridized carbons (Fsp3) is 0.235. The van der Waals surface area contributed by atoms with Gasteiger partial charge in [-0.3, -0.25) is 4.79 Å². The third kappa shape index (κ3) is 3.95. The van der Waals surface area contributed by atoms with Gasteiger partial charge >= 0.3 is 0 Å². The summed E-state index contributed by atoms with van der Waals surface area (Å²) >= 11 is 0. The van der Waals surface area contributed by atoms with E-state index in [9.17, 15) is 4.79 Å². The molecule has 0 radical (unpaired) electrons. The lowest BCUT2D eigenvalue weighted by molar-refractivity contribution is 0.0957. The second-order valence-electron chi connectivity index (χ2n) is 4.90. The monoisotopic (exact) mass is 253 g/mol. The molecule has 1 aliphatic rings. The van der Waals surface area contributed by atoms with Gasteiger partial charge in [-0.2, -0.15) is 0 Å². The number of carbonyl (C=O) groups is 1. The molecule has 1 amide bonds. The molecule has 0 saturated carbocycles. The maximum absolute atomic E-state index is 12.0. The molecule has 1 aliphatic carbocycles. The highest BCUT2D eigenvalue weighted by Gasteiger charge is 2.05. The van der Waals surface area contributed by atoms with E-state index in [0.29, 0.717) is 12.1 Å². The van der Waals surface area contributed by atoms with Crippen LogP contribution in [0.15, 0.2) is 59.7 Å². The van der Waals surface area contributed by atoms with Crippen LogP contribution in [0.1, 0.15) is 29.3 Å². The molecule has 0 heterocycles. The molecule has 19 heavy (non-hydrogen) atoms. The quantitative estimate of drug-likeness (QED) is 0.876. The average Bonchev–Trinajstić information content (AvgIpc) is 2.61. The largest absolute Gasteiger partial charge is 0.348 e. The second kappa shape index (κ2) is 6.19. The molecule has 2 nitrogen and oxygen atoms in total. The van der Waals surface area contributed by atoms with Gasteiger partial charge in [-0.1, -0.05) is 47.6 Å². The zero-order valence-corrected chi connectivity index (χ0v) is 11.4. The van der Waals surface area contributed by atoms with Gasteiger partial charge in [0.25, 0.3) is 5.91 Å². The third-order valence-electron chi connectivity index (χ3n) is 3.14. The minimum atomic E-state index is -0.0248. The van der Waals surface area contributed by atoms with Crippen molar-refractivity contribution in [3.63, 3.8) is 0 Å². The van der Waals surface area contributed by atoms with Crippen molar-refractivity contribution in [3.8, 4) is 0 Å². The average molecular weight is 253 g/mol. The van der Waals surface area contributed by atoms with E-state index in [1.165, 1.54) is 5.57 Å². The zero-order chi connectivity index (χ0) is 13.7. The predicted molar refractivity (Wildman–Crippen MR) is 79.1 cm³/mol. The SMILES string of the molecule is CC1=CC=CC(CNC(=O)c2ccc(C)cc2)=CC1. The van der Waals surface area contributed by atoms with Crippen LogP contribution in [-0.2, 0) is 0 Å². The Morgan fingerprint density at radius 3 is 2.68 bits per heavy atom. The summed E-state index contributed by atoms with van der Waals surface area (Å²) in [6.45, 7) is 4.69. The molecule has 2 heteroatoms. The second-order valence-corrected chi connectivity index (χ2v) is 4.90. The third-order valence-corrected chi connectivity index (χ3v) is 3.14. The number of rotatable bonds is 3. The Morgan fingerprint density at radius 1 is 1.21 bits per heavy atom. The van der Waals surface area contributed by atoms with Gasteiger partial charge in [-0.25, -0.2) is 0 Å². The van der Waals surface area contributed by atoms with E-state index in [0.717, 1.165) is 17.6 Å². The van der Waals surface area contributed by atoms with Gasteiger partial charge in [0.05, 0.1) is 0 Å². The molecule has 0 unspecified atom stereocenters.